The topological polar surface area (TPSA) is 43.1 Å². The van der Waals surface area contributed by atoms with Crippen molar-refractivity contribution in [2.24, 2.45) is 17.6 Å². The van der Waals surface area contributed by atoms with Gasteiger partial charge in [0.1, 0.15) is 0 Å². The van der Waals surface area contributed by atoms with Gasteiger partial charge in [0, 0.05) is 16.9 Å². The lowest BCUT2D eigenvalue weighted by Gasteiger charge is -2.17. The second-order valence-electron chi connectivity index (χ2n) is 3.15. The van der Waals surface area contributed by atoms with Gasteiger partial charge in [-0.2, -0.15) is 11.8 Å². The van der Waals surface area contributed by atoms with Gasteiger partial charge in [-0.05, 0) is 0 Å². The Hall–Kier alpha value is -0.700. The van der Waals surface area contributed by atoms with Crippen molar-refractivity contribution in [3.05, 3.63) is 24.3 Å². The van der Waals surface area contributed by atoms with E-state index in [1.54, 1.807) is 0 Å². The molecular formula is C9H11NOS. The Balaban J connectivity index is 2.18. The first-order chi connectivity index (χ1) is 5.79. The molecule has 0 saturated carbocycles. The molecule has 1 aliphatic carbocycles. The van der Waals surface area contributed by atoms with Gasteiger partial charge in [0.05, 0.1) is 5.92 Å². The quantitative estimate of drug-likeness (QED) is 0.654. The Labute approximate surface area is 75.9 Å². The smallest absolute Gasteiger partial charge is 0.222 e. The molecule has 0 aromatic carbocycles. The third-order valence-electron chi connectivity index (χ3n) is 2.42. The third kappa shape index (κ3) is 1.18. The summed E-state index contributed by atoms with van der Waals surface area (Å²) in [7, 11) is 0. The van der Waals surface area contributed by atoms with Gasteiger partial charge in [-0.3, -0.25) is 4.79 Å². The van der Waals surface area contributed by atoms with Crippen LogP contribution >= 0.6 is 11.8 Å². The standard InChI is InChI=1S/C9H11NOS/c10-9(11)7-5-12-8-4-2-1-3-6(7)8/h1-4,6-8H,5H2,(H2,10,11). The van der Waals surface area contributed by atoms with Gasteiger partial charge < -0.3 is 5.73 Å². The molecule has 1 aliphatic heterocycles. The van der Waals surface area contributed by atoms with Crippen LogP contribution in [-0.4, -0.2) is 16.9 Å². The molecule has 1 amide bonds. The molecule has 2 rings (SSSR count). The molecule has 3 heteroatoms. The molecule has 3 unspecified atom stereocenters. The third-order valence-corrected chi connectivity index (χ3v) is 3.83. The van der Waals surface area contributed by atoms with E-state index in [-0.39, 0.29) is 11.8 Å². The zero-order valence-electron chi connectivity index (χ0n) is 6.64. The van der Waals surface area contributed by atoms with Crippen LogP contribution in [-0.2, 0) is 4.79 Å². The molecule has 2 nitrogen and oxygen atoms in total. The normalized spacial score (nSPS) is 38.2. The number of hydrogen-bond acceptors (Lipinski definition) is 2. The van der Waals surface area contributed by atoms with Gasteiger partial charge >= 0.3 is 0 Å². The number of allylic oxidation sites excluding steroid dienone is 3. The lowest BCUT2D eigenvalue weighted by atomic mass is 9.88. The van der Waals surface area contributed by atoms with Gasteiger partial charge in [-0.25, -0.2) is 0 Å². The second-order valence-corrected chi connectivity index (χ2v) is 4.36. The molecular weight excluding hydrogens is 170 g/mol. The fraction of sp³-hybridized carbons (Fsp3) is 0.444. The maximum Gasteiger partial charge on any atom is 0.222 e. The molecule has 64 valence electrons. The van der Waals surface area contributed by atoms with Gasteiger partial charge in [-0.1, -0.05) is 24.3 Å². The number of carbonyl (C=O) groups excluding carboxylic acids is 1. The van der Waals surface area contributed by atoms with Gasteiger partial charge in [0.25, 0.3) is 0 Å². The highest BCUT2D eigenvalue weighted by molar-refractivity contribution is 8.00. The van der Waals surface area contributed by atoms with E-state index >= 15 is 0 Å². The number of carbonyl (C=O) groups is 1. The average molecular weight is 181 g/mol. The molecule has 2 N–H and O–H groups in total. The second kappa shape index (κ2) is 2.98. The number of nitrogens with two attached hydrogens (primary N) is 1. The predicted octanol–water partition coefficient (Wildman–Crippen LogP) is 0.946. The van der Waals surface area contributed by atoms with E-state index in [1.807, 2.05) is 23.9 Å². The minimum absolute atomic E-state index is 0.0428. The zero-order valence-corrected chi connectivity index (χ0v) is 7.46. The van der Waals surface area contributed by atoms with Crippen molar-refractivity contribution < 1.29 is 4.79 Å². The van der Waals surface area contributed by atoms with Crippen molar-refractivity contribution in [2.45, 2.75) is 5.25 Å². The van der Waals surface area contributed by atoms with Crippen LogP contribution in [0.15, 0.2) is 24.3 Å². The van der Waals surface area contributed by atoms with Gasteiger partial charge in [-0.15, -0.1) is 0 Å². The number of hydrogen-bond donors (Lipinski definition) is 1. The molecule has 1 heterocycles. The number of primary amides is 1. The number of rotatable bonds is 1. The van der Waals surface area contributed by atoms with Crippen LogP contribution in [0.5, 0.6) is 0 Å². The van der Waals surface area contributed by atoms with E-state index in [0.717, 1.165) is 5.75 Å². The summed E-state index contributed by atoms with van der Waals surface area (Å²) < 4.78 is 0. The Kier molecular flexibility index (Phi) is 1.97. The van der Waals surface area contributed by atoms with Crippen molar-refractivity contribution in [2.75, 3.05) is 5.75 Å². The summed E-state index contributed by atoms with van der Waals surface area (Å²) in [6.07, 6.45) is 8.29. The predicted molar refractivity (Wildman–Crippen MR) is 50.7 cm³/mol. The molecule has 0 radical (unpaired) electrons. The summed E-state index contributed by atoms with van der Waals surface area (Å²) >= 11 is 1.82. The SMILES string of the molecule is NC(=O)C1CSC2C=CC=CC21. The molecule has 12 heavy (non-hydrogen) atoms. The minimum Gasteiger partial charge on any atom is -0.369 e. The van der Waals surface area contributed by atoms with Crippen LogP contribution in [0.4, 0.5) is 0 Å². The van der Waals surface area contributed by atoms with E-state index in [0.29, 0.717) is 11.2 Å². The van der Waals surface area contributed by atoms with Crippen LogP contribution in [0.1, 0.15) is 0 Å². The Morgan fingerprint density at radius 1 is 1.42 bits per heavy atom. The zero-order chi connectivity index (χ0) is 8.55. The minimum atomic E-state index is -0.157. The summed E-state index contributed by atoms with van der Waals surface area (Å²) in [6, 6.07) is 0. The highest BCUT2D eigenvalue weighted by Crippen LogP contribution is 2.40. The van der Waals surface area contributed by atoms with Crippen LogP contribution in [0, 0.1) is 11.8 Å². The first-order valence-electron chi connectivity index (χ1n) is 4.05. The molecule has 1 fully saturated rings. The Morgan fingerprint density at radius 3 is 2.92 bits per heavy atom. The van der Waals surface area contributed by atoms with Crippen LogP contribution in [0.25, 0.3) is 0 Å². The Bertz CT molecular complexity index is 259. The molecule has 0 bridgehead atoms. The van der Waals surface area contributed by atoms with Crippen molar-refractivity contribution >= 4 is 17.7 Å². The molecule has 0 aromatic rings. The van der Waals surface area contributed by atoms with Crippen LogP contribution in [0.2, 0.25) is 0 Å². The maximum atomic E-state index is 11.0. The largest absolute Gasteiger partial charge is 0.369 e. The number of fused-ring (bicyclic) bond motifs is 1. The van der Waals surface area contributed by atoms with Crippen molar-refractivity contribution in [3.8, 4) is 0 Å². The van der Waals surface area contributed by atoms with E-state index in [1.165, 1.54) is 0 Å². The van der Waals surface area contributed by atoms with Gasteiger partial charge in [0.2, 0.25) is 5.91 Å². The molecule has 0 aromatic heterocycles. The molecule has 3 atom stereocenters. The van der Waals surface area contributed by atoms with E-state index in [9.17, 15) is 4.79 Å². The average Bonchev–Trinajstić information content (AvgIpc) is 2.47. The Morgan fingerprint density at radius 2 is 2.17 bits per heavy atom. The number of thioether (sulfide) groups is 1. The van der Waals surface area contributed by atoms with Crippen LogP contribution < -0.4 is 5.73 Å². The monoisotopic (exact) mass is 181 g/mol. The molecule has 1 saturated heterocycles. The fourth-order valence-corrected chi connectivity index (χ4v) is 3.25. The van der Waals surface area contributed by atoms with E-state index in [4.69, 9.17) is 5.73 Å². The lowest BCUT2D eigenvalue weighted by molar-refractivity contribution is -0.121. The summed E-state index contributed by atoms with van der Waals surface area (Å²) in [5.74, 6) is 1.10. The fourth-order valence-electron chi connectivity index (χ4n) is 1.73. The number of amides is 1. The highest BCUT2D eigenvalue weighted by Gasteiger charge is 2.37. The highest BCUT2D eigenvalue weighted by atomic mass is 32.2. The van der Waals surface area contributed by atoms with Gasteiger partial charge in [0.15, 0.2) is 0 Å². The summed E-state index contributed by atoms with van der Waals surface area (Å²) in [4.78, 5) is 11.0. The summed E-state index contributed by atoms with van der Waals surface area (Å²) in [5, 5.41) is 0.479. The van der Waals surface area contributed by atoms with Crippen molar-refractivity contribution in [3.63, 3.8) is 0 Å². The first-order valence-corrected chi connectivity index (χ1v) is 5.10. The summed E-state index contributed by atoms with van der Waals surface area (Å²) in [6.45, 7) is 0. The lowest BCUT2D eigenvalue weighted by Crippen LogP contribution is -2.30. The summed E-state index contributed by atoms with van der Waals surface area (Å²) in [5.41, 5.74) is 5.29. The van der Waals surface area contributed by atoms with E-state index < -0.39 is 0 Å². The molecule has 2 aliphatic rings. The van der Waals surface area contributed by atoms with Crippen molar-refractivity contribution in [1.29, 1.82) is 0 Å². The molecule has 0 spiro atoms. The maximum absolute atomic E-state index is 11.0. The van der Waals surface area contributed by atoms with Crippen LogP contribution in [0.3, 0.4) is 0 Å². The van der Waals surface area contributed by atoms with E-state index in [2.05, 4.69) is 12.2 Å². The first kappa shape index (κ1) is 7.92. The van der Waals surface area contributed by atoms with Crippen molar-refractivity contribution in [1.82, 2.24) is 0 Å².